The second-order valence-corrected chi connectivity index (χ2v) is 7.08. The Hall–Kier alpha value is -2.15. The van der Waals surface area contributed by atoms with E-state index in [0.717, 1.165) is 33.1 Å². The number of rotatable bonds is 3. The molecule has 0 aliphatic heterocycles. The van der Waals surface area contributed by atoms with E-state index >= 15 is 0 Å². The van der Waals surface area contributed by atoms with Gasteiger partial charge in [-0.3, -0.25) is 0 Å². The van der Waals surface area contributed by atoms with Crippen LogP contribution in [0.1, 0.15) is 35.5 Å². The van der Waals surface area contributed by atoms with E-state index in [1.165, 1.54) is 6.07 Å². The molecule has 0 aliphatic carbocycles. The van der Waals surface area contributed by atoms with Gasteiger partial charge in [-0.1, -0.05) is 28.1 Å². The van der Waals surface area contributed by atoms with E-state index in [1.54, 1.807) is 13.0 Å². The first-order valence-electron chi connectivity index (χ1n) is 8.03. The molecule has 26 heavy (non-hydrogen) atoms. The summed E-state index contributed by atoms with van der Waals surface area (Å²) >= 11 is 3.50. The zero-order valence-corrected chi connectivity index (χ0v) is 16.0. The minimum atomic E-state index is -4.36. The summed E-state index contributed by atoms with van der Waals surface area (Å²) in [5.74, 6) is 1.19. The molecule has 7 heteroatoms. The summed E-state index contributed by atoms with van der Waals surface area (Å²) in [5, 5.41) is 4.04. The summed E-state index contributed by atoms with van der Waals surface area (Å²) in [4.78, 5) is 8.89. The molecule has 3 aromatic rings. The molecule has 0 fully saturated rings. The van der Waals surface area contributed by atoms with Crippen LogP contribution in [0.4, 0.5) is 19.0 Å². The lowest BCUT2D eigenvalue weighted by Gasteiger charge is -2.18. The lowest BCUT2D eigenvalue weighted by Crippen LogP contribution is -2.12. The zero-order chi connectivity index (χ0) is 19.1. The van der Waals surface area contributed by atoms with Crippen LogP contribution in [0.2, 0.25) is 0 Å². The van der Waals surface area contributed by atoms with Crippen molar-refractivity contribution in [2.45, 2.75) is 33.0 Å². The van der Waals surface area contributed by atoms with Gasteiger partial charge in [0.2, 0.25) is 0 Å². The first-order chi connectivity index (χ1) is 12.1. The number of benzene rings is 2. The van der Waals surface area contributed by atoms with Crippen LogP contribution in [0.5, 0.6) is 0 Å². The third-order valence-corrected chi connectivity index (χ3v) is 5.01. The monoisotopic (exact) mass is 423 g/mol. The standard InChI is InChI=1S/C19H17BrF3N3/c1-10-7-17-15(9-16(10)20)18(26-12(3)25-17)24-11(2)13-5-4-6-14(8-13)19(21,22)23/h4-9,11H,1-3H3,(H,24,25,26)/t11-/m1/s1. The van der Waals surface area contributed by atoms with Crippen LogP contribution in [0, 0.1) is 13.8 Å². The maximum atomic E-state index is 13.0. The second-order valence-electron chi connectivity index (χ2n) is 6.23. The number of halogens is 4. The molecule has 0 bridgehead atoms. The van der Waals surface area contributed by atoms with Crippen LogP contribution in [-0.2, 0) is 6.18 Å². The van der Waals surface area contributed by atoms with Gasteiger partial charge in [0.25, 0.3) is 0 Å². The van der Waals surface area contributed by atoms with E-state index in [1.807, 2.05) is 26.0 Å². The first-order valence-corrected chi connectivity index (χ1v) is 8.82. The van der Waals surface area contributed by atoms with Gasteiger partial charge in [-0.25, -0.2) is 9.97 Å². The maximum Gasteiger partial charge on any atom is 0.416 e. The van der Waals surface area contributed by atoms with Gasteiger partial charge < -0.3 is 5.32 Å². The van der Waals surface area contributed by atoms with Gasteiger partial charge in [-0.2, -0.15) is 13.2 Å². The van der Waals surface area contributed by atoms with Crippen LogP contribution in [0.3, 0.4) is 0 Å². The third-order valence-electron chi connectivity index (χ3n) is 4.16. The van der Waals surface area contributed by atoms with Gasteiger partial charge in [0, 0.05) is 15.9 Å². The Kier molecular flexibility index (Phi) is 4.92. The quantitative estimate of drug-likeness (QED) is 0.544. The Morgan fingerprint density at radius 3 is 2.50 bits per heavy atom. The Morgan fingerprint density at radius 1 is 1.08 bits per heavy atom. The topological polar surface area (TPSA) is 37.8 Å². The number of anilines is 1. The molecule has 0 radical (unpaired) electrons. The Bertz CT molecular complexity index is 970. The fourth-order valence-corrected chi connectivity index (χ4v) is 3.10. The number of aromatic nitrogens is 2. The smallest absolute Gasteiger partial charge is 0.363 e. The van der Waals surface area contributed by atoms with E-state index in [2.05, 4.69) is 31.2 Å². The average molecular weight is 424 g/mol. The molecule has 0 spiro atoms. The van der Waals surface area contributed by atoms with Crippen LogP contribution >= 0.6 is 15.9 Å². The number of alkyl halides is 3. The highest BCUT2D eigenvalue weighted by Crippen LogP contribution is 2.33. The predicted molar refractivity (Wildman–Crippen MR) is 100 cm³/mol. The zero-order valence-electron chi connectivity index (χ0n) is 14.4. The van der Waals surface area contributed by atoms with E-state index < -0.39 is 11.7 Å². The van der Waals surface area contributed by atoms with Gasteiger partial charge in [0.1, 0.15) is 11.6 Å². The largest absolute Gasteiger partial charge is 0.416 e. The summed E-state index contributed by atoms with van der Waals surface area (Å²) in [6.45, 7) is 5.57. The minimum Gasteiger partial charge on any atom is -0.363 e. The molecular weight excluding hydrogens is 407 g/mol. The van der Waals surface area contributed by atoms with Crippen molar-refractivity contribution in [3.8, 4) is 0 Å². The second kappa shape index (κ2) is 6.87. The third kappa shape index (κ3) is 3.82. The number of hydrogen-bond acceptors (Lipinski definition) is 3. The molecule has 0 saturated heterocycles. The molecule has 0 unspecified atom stereocenters. The Morgan fingerprint density at radius 2 is 1.81 bits per heavy atom. The lowest BCUT2D eigenvalue weighted by atomic mass is 10.0. The minimum absolute atomic E-state index is 0.352. The normalized spacial score (nSPS) is 13.0. The van der Waals surface area contributed by atoms with Crippen molar-refractivity contribution in [1.82, 2.24) is 9.97 Å². The molecule has 1 heterocycles. The SMILES string of the molecule is Cc1nc(N[C@H](C)c2cccc(C(F)(F)F)c2)c2cc(Br)c(C)cc2n1. The molecule has 2 aromatic carbocycles. The molecule has 0 saturated carbocycles. The summed E-state index contributed by atoms with van der Waals surface area (Å²) in [6, 6.07) is 8.84. The summed E-state index contributed by atoms with van der Waals surface area (Å²) in [6.07, 6.45) is -4.36. The lowest BCUT2D eigenvalue weighted by molar-refractivity contribution is -0.137. The summed E-state index contributed by atoms with van der Waals surface area (Å²) < 4.78 is 39.8. The van der Waals surface area contributed by atoms with Gasteiger partial charge >= 0.3 is 6.18 Å². The molecule has 3 rings (SSSR count). The molecule has 136 valence electrons. The van der Waals surface area contributed by atoms with E-state index in [-0.39, 0.29) is 6.04 Å². The fraction of sp³-hybridized carbons (Fsp3) is 0.263. The number of aryl methyl sites for hydroxylation is 2. The van der Waals surface area contributed by atoms with Crippen molar-refractivity contribution in [2.75, 3.05) is 5.32 Å². The average Bonchev–Trinajstić information content (AvgIpc) is 2.56. The molecular formula is C19H17BrF3N3. The summed E-state index contributed by atoms with van der Waals surface area (Å²) in [5.41, 5.74) is 1.71. The number of nitrogens with zero attached hydrogens (tertiary/aromatic N) is 2. The van der Waals surface area contributed by atoms with Crippen LogP contribution in [-0.4, -0.2) is 9.97 Å². The van der Waals surface area contributed by atoms with Gasteiger partial charge in [0.05, 0.1) is 11.1 Å². The molecule has 1 N–H and O–H groups in total. The Balaban J connectivity index is 2.00. The van der Waals surface area contributed by atoms with Crippen molar-refractivity contribution in [3.05, 3.63) is 63.4 Å². The van der Waals surface area contributed by atoms with Crippen molar-refractivity contribution < 1.29 is 13.2 Å². The van der Waals surface area contributed by atoms with E-state index in [9.17, 15) is 13.2 Å². The molecule has 3 nitrogen and oxygen atoms in total. The maximum absolute atomic E-state index is 13.0. The highest BCUT2D eigenvalue weighted by Gasteiger charge is 2.30. The predicted octanol–water partition coefficient (Wildman–Crippen LogP) is 6.20. The molecule has 1 aromatic heterocycles. The van der Waals surface area contributed by atoms with E-state index in [0.29, 0.717) is 17.2 Å². The fourth-order valence-electron chi connectivity index (χ4n) is 2.75. The number of fused-ring (bicyclic) bond motifs is 1. The van der Waals surface area contributed by atoms with Crippen molar-refractivity contribution in [2.24, 2.45) is 0 Å². The van der Waals surface area contributed by atoms with Crippen molar-refractivity contribution in [3.63, 3.8) is 0 Å². The van der Waals surface area contributed by atoms with Gasteiger partial charge in [-0.15, -0.1) is 0 Å². The highest BCUT2D eigenvalue weighted by molar-refractivity contribution is 9.10. The van der Waals surface area contributed by atoms with Crippen molar-refractivity contribution >= 4 is 32.7 Å². The molecule has 1 atom stereocenters. The first kappa shape index (κ1) is 18.6. The number of nitrogens with one attached hydrogen (secondary N) is 1. The van der Waals surface area contributed by atoms with Gasteiger partial charge in [0.15, 0.2) is 0 Å². The highest BCUT2D eigenvalue weighted by atomic mass is 79.9. The summed E-state index contributed by atoms with van der Waals surface area (Å²) in [7, 11) is 0. The van der Waals surface area contributed by atoms with Crippen LogP contribution < -0.4 is 5.32 Å². The Labute approximate surface area is 157 Å². The van der Waals surface area contributed by atoms with Gasteiger partial charge in [-0.05, 0) is 56.2 Å². The van der Waals surface area contributed by atoms with Crippen LogP contribution in [0.15, 0.2) is 40.9 Å². The van der Waals surface area contributed by atoms with Crippen LogP contribution in [0.25, 0.3) is 10.9 Å². The molecule has 0 amide bonds. The van der Waals surface area contributed by atoms with Crippen molar-refractivity contribution in [1.29, 1.82) is 0 Å². The van der Waals surface area contributed by atoms with E-state index in [4.69, 9.17) is 0 Å². The number of hydrogen-bond donors (Lipinski definition) is 1. The molecule has 0 aliphatic rings.